The molecule has 11 heteroatoms. The first-order valence-corrected chi connectivity index (χ1v) is 9.10. The summed E-state index contributed by atoms with van der Waals surface area (Å²) in [6, 6.07) is 3.75. The maximum absolute atomic E-state index is 13.3. The fraction of sp³-hybridized carbons (Fsp3) is 0.368. The molecule has 0 fully saturated rings. The molecule has 0 saturated carbocycles. The van der Waals surface area contributed by atoms with E-state index in [1.54, 1.807) is 27.9 Å². The zero-order chi connectivity index (χ0) is 22.2. The molecule has 1 aromatic carbocycles. The molecule has 0 spiro atoms. The molecule has 1 N–H and O–H groups in total. The second kappa shape index (κ2) is 7.81. The Hall–Kier alpha value is -3.37. The average molecular weight is 422 g/mol. The van der Waals surface area contributed by atoms with E-state index in [-0.39, 0.29) is 23.5 Å². The maximum Gasteiger partial charge on any atom is 0.449 e. The van der Waals surface area contributed by atoms with E-state index in [0.29, 0.717) is 11.2 Å². The van der Waals surface area contributed by atoms with Crippen molar-refractivity contribution in [3.05, 3.63) is 42.0 Å². The molecule has 0 atom stereocenters. The SMILES string of the molecule is CC(C)n1c(C(F)(F)F)nc2cc(C(=O)Nc3cnn(CC(=O)N(C)C)c3)ccc21. The van der Waals surface area contributed by atoms with Gasteiger partial charge in [0.05, 0.1) is 22.9 Å². The quantitative estimate of drug-likeness (QED) is 0.685. The van der Waals surface area contributed by atoms with Crippen LogP contribution in [0.25, 0.3) is 11.0 Å². The van der Waals surface area contributed by atoms with E-state index >= 15 is 0 Å². The summed E-state index contributed by atoms with van der Waals surface area (Å²) in [5.41, 5.74) is 0.886. The van der Waals surface area contributed by atoms with Crippen LogP contribution in [0.3, 0.4) is 0 Å². The molecule has 0 bridgehead atoms. The number of benzene rings is 1. The zero-order valence-corrected chi connectivity index (χ0v) is 16.9. The third-order valence-corrected chi connectivity index (χ3v) is 4.41. The van der Waals surface area contributed by atoms with Crippen LogP contribution < -0.4 is 5.32 Å². The van der Waals surface area contributed by atoms with Gasteiger partial charge in [-0.15, -0.1) is 0 Å². The fourth-order valence-electron chi connectivity index (χ4n) is 2.96. The third-order valence-electron chi connectivity index (χ3n) is 4.41. The summed E-state index contributed by atoms with van der Waals surface area (Å²) in [5, 5.41) is 6.63. The molecule has 2 aromatic heterocycles. The molecule has 30 heavy (non-hydrogen) atoms. The maximum atomic E-state index is 13.3. The highest BCUT2D eigenvalue weighted by Gasteiger charge is 2.38. The minimum Gasteiger partial charge on any atom is -0.347 e. The van der Waals surface area contributed by atoms with Gasteiger partial charge in [-0.2, -0.15) is 18.3 Å². The van der Waals surface area contributed by atoms with Crippen molar-refractivity contribution in [3.63, 3.8) is 0 Å². The number of fused-ring (bicyclic) bond motifs is 1. The molecular weight excluding hydrogens is 401 g/mol. The molecule has 2 amide bonds. The zero-order valence-electron chi connectivity index (χ0n) is 16.9. The Morgan fingerprint density at radius 1 is 1.23 bits per heavy atom. The molecule has 160 valence electrons. The number of alkyl halides is 3. The van der Waals surface area contributed by atoms with E-state index in [4.69, 9.17) is 0 Å². The van der Waals surface area contributed by atoms with E-state index in [1.165, 1.54) is 40.2 Å². The smallest absolute Gasteiger partial charge is 0.347 e. The Balaban J connectivity index is 1.84. The highest BCUT2D eigenvalue weighted by Crippen LogP contribution is 2.34. The number of hydrogen-bond donors (Lipinski definition) is 1. The number of anilines is 1. The largest absolute Gasteiger partial charge is 0.449 e. The van der Waals surface area contributed by atoms with Crippen LogP contribution in [0.15, 0.2) is 30.6 Å². The van der Waals surface area contributed by atoms with Crippen molar-refractivity contribution in [1.29, 1.82) is 0 Å². The molecule has 8 nitrogen and oxygen atoms in total. The van der Waals surface area contributed by atoms with E-state index in [9.17, 15) is 22.8 Å². The van der Waals surface area contributed by atoms with Crippen LogP contribution in [0.2, 0.25) is 0 Å². The van der Waals surface area contributed by atoms with Crippen molar-refractivity contribution >= 4 is 28.5 Å². The van der Waals surface area contributed by atoms with Crippen LogP contribution >= 0.6 is 0 Å². The number of likely N-dealkylation sites (N-methyl/N-ethyl adjacent to an activating group) is 1. The number of amides is 2. The minimum absolute atomic E-state index is 0.0156. The lowest BCUT2D eigenvalue weighted by atomic mass is 10.2. The summed E-state index contributed by atoms with van der Waals surface area (Å²) in [6.45, 7) is 3.28. The number of rotatable bonds is 5. The molecule has 2 heterocycles. The Kier molecular flexibility index (Phi) is 5.55. The van der Waals surface area contributed by atoms with Gasteiger partial charge in [0.15, 0.2) is 0 Å². The number of aromatic nitrogens is 4. The van der Waals surface area contributed by atoms with Crippen molar-refractivity contribution < 1.29 is 22.8 Å². The van der Waals surface area contributed by atoms with Gasteiger partial charge in [0.25, 0.3) is 5.91 Å². The predicted molar refractivity (Wildman–Crippen MR) is 104 cm³/mol. The van der Waals surface area contributed by atoms with Crippen LogP contribution in [-0.4, -0.2) is 50.1 Å². The molecule has 0 aliphatic carbocycles. The van der Waals surface area contributed by atoms with Gasteiger partial charge in [0.1, 0.15) is 6.54 Å². The average Bonchev–Trinajstić information content (AvgIpc) is 3.24. The summed E-state index contributed by atoms with van der Waals surface area (Å²) >= 11 is 0. The summed E-state index contributed by atoms with van der Waals surface area (Å²) in [6.07, 6.45) is -1.73. The van der Waals surface area contributed by atoms with Crippen LogP contribution in [0, 0.1) is 0 Å². The van der Waals surface area contributed by atoms with E-state index in [1.807, 2.05) is 0 Å². The first-order chi connectivity index (χ1) is 14.0. The number of carbonyl (C=O) groups is 2. The fourth-order valence-corrected chi connectivity index (χ4v) is 2.96. The molecule has 0 radical (unpaired) electrons. The molecule has 3 aromatic rings. The molecule has 3 rings (SSSR count). The van der Waals surface area contributed by atoms with Gasteiger partial charge in [-0.25, -0.2) is 4.98 Å². The summed E-state index contributed by atoms with van der Waals surface area (Å²) in [4.78, 5) is 29.4. The van der Waals surface area contributed by atoms with Crippen LogP contribution in [0.4, 0.5) is 18.9 Å². The summed E-state index contributed by atoms with van der Waals surface area (Å²) in [5.74, 6) is -1.69. The lowest BCUT2D eigenvalue weighted by Crippen LogP contribution is -2.26. The molecular formula is C19H21F3N6O2. The number of carbonyl (C=O) groups excluding carboxylic acids is 2. The third kappa shape index (κ3) is 4.29. The van der Waals surface area contributed by atoms with Crippen LogP contribution in [-0.2, 0) is 17.5 Å². The normalized spacial score (nSPS) is 11.9. The minimum atomic E-state index is -4.61. The highest BCUT2D eigenvalue weighted by molar-refractivity contribution is 6.05. The first kappa shape index (κ1) is 21.3. The van der Waals surface area contributed by atoms with E-state index in [2.05, 4.69) is 15.4 Å². The Bertz CT molecular complexity index is 1100. The Labute approximate surface area is 170 Å². The monoisotopic (exact) mass is 422 g/mol. The van der Waals surface area contributed by atoms with Gasteiger partial charge in [0.2, 0.25) is 11.7 Å². The lowest BCUT2D eigenvalue weighted by molar-refractivity contribution is -0.147. The summed E-state index contributed by atoms with van der Waals surface area (Å²) < 4.78 is 42.5. The number of nitrogens with one attached hydrogen (secondary N) is 1. The van der Waals surface area contributed by atoms with Gasteiger partial charge >= 0.3 is 6.18 Å². The molecule has 0 aliphatic heterocycles. The second-order valence-corrected chi connectivity index (χ2v) is 7.27. The van der Waals surface area contributed by atoms with E-state index < -0.39 is 23.9 Å². The van der Waals surface area contributed by atoms with Crippen LogP contribution in [0.5, 0.6) is 0 Å². The van der Waals surface area contributed by atoms with E-state index in [0.717, 1.165) is 4.57 Å². The summed E-state index contributed by atoms with van der Waals surface area (Å²) in [7, 11) is 3.24. The number of imidazole rings is 1. The van der Waals surface area contributed by atoms with Crippen molar-refractivity contribution in [3.8, 4) is 0 Å². The number of hydrogen-bond acceptors (Lipinski definition) is 4. The van der Waals surface area contributed by atoms with Gasteiger partial charge in [-0.3, -0.25) is 14.3 Å². The molecule has 0 unspecified atom stereocenters. The highest BCUT2D eigenvalue weighted by atomic mass is 19.4. The van der Waals surface area contributed by atoms with Gasteiger partial charge < -0.3 is 14.8 Å². The lowest BCUT2D eigenvalue weighted by Gasteiger charge is -2.14. The number of nitrogens with zero attached hydrogens (tertiary/aromatic N) is 5. The van der Waals surface area contributed by atoms with Gasteiger partial charge in [-0.05, 0) is 32.0 Å². The van der Waals surface area contributed by atoms with Gasteiger partial charge in [-0.1, -0.05) is 0 Å². The van der Waals surface area contributed by atoms with Gasteiger partial charge in [0, 0.05) is 31.9 Å². The standard InChI is InChI=1S/C19H21F3N6O2/c1-11(2)28-15-6-5-12(7-14(15)25-18(28)19(20,21)22)17(30)24-13-8-23-27(9-13)10-16(29)26(3)4/h5-9,11H,10H2,1-4H3,(H,24,30). The van der Waals surface area contributed by atoms with Crippen molar-refractivity contribution in [2.75, 3.05) is 19.4 Å². The van der Waals surface area contributed by atoms with Crippen molar-refractivity contribution in [2.24, 2.45) is 0 Å². The first-order valence-electron chi connectivity index (χ1n) is 9.10. The number of halogens is 3. The van der Waals surface area contributed by atoms with Crippen LogP contribution in [0.1, 0.15) is 36.1 Å². The molecule has 0 saturated heterocycles. The van der Waals surface area contributed by atoms with Crippen molar-refractivity contribution in [2.45, 2.75) is 32.6 Å². The Morgan fingerprint density at radius 2 is 1.93 bits per heavy atom. The topological polar surface area (TPSA) is 85.0 Å². The second-order valence-electron chi connectivity index (χ2n) is 7.27. The molecule has 0 aliphatic rings. The Morgan fingerprint density at radius 3 is 2.53 bits per heavy atom. The van der Waals surface area contributed by atoms with Crippen molar-refractivity contribution in [1.82, 2.24) is 24.2 Å². The predicted octanol–water partition coefficient (Wildman–Crippen LogP) is 3.17.